The molecule has 2 saturated carbocycles. The van der Waals surface area contributed by atoms with Gasteiger partial charge in [0.25, 0.3) is 0 Å². The zero-order chi connectivity index (χ0) is 57.6. The van der Waals surface area contributed by atoms with Gasteiger partial charge in [0.15, 0.2) is 0 Å². The third-order valence-corrected chi connectivity index (χ3v) is 20.4. The summed E-state index contributed by atoms with van der Waals surface area (Å²) in [4.78, 5) is 4.92. The van der Waals surface area contributed by atoms with Crippen molar-refractivity contribution in [3.05, 3.63) is 284 Å². The lowest BCUT2D eigenvalue weighted by Gasteiger charge is -2.37. The third kappa shape index (κ3) is 9.06. The van der Waals surface area contributed by atoms with Gasteiger partial charge in [-0.1, -0.05) is 210 Å². The van der Waals surface area contributed by atoms with Gasteiger partial charge in [0, 0.05) is 50.4 Å². The molecule has 5 aliphatic rings. The molecule has 0 aliphatic heterocycles. The molecule has 0 amide bonds. The Kier molecular flexibility index (Phi) is 13.0. The van der Waals surface area contributed by atoms with E-state index in [4.69, 9.17) is 0 Å². The maximum atomic E-state index is 2.55. The Labute approximate surface area is 504 Å². The number of fused-ring (bicyclic) bond motifs is 13. The number of aryl methyl sites for hydroxylation is 4. The van der Waals surface area contributed by atoms with Crippen molar-refractivity contribution in [3.63, 3.8) is 0 Å². The van der Waals surface area contributed by atoms with Crippen molar-refractivity contribution in [1.29, 1.82) is 0 Å². The first-order valence-corrected chi connectivity index (χ1v) is 31.5. The van der Waals surface area contributed by atoms with Gasteiger partial charge in [0.1, 0.15) is 0 Å². The lowest BCUT2D eigenvalue weighted by molar-refractivity contribution is 0.353. The minimum atomic E-state index is -0.141. The van der Waals surface area contributed by atoms with Crippen LogP contribution in [0.4, 0.5) is 34.1 Å². The van der Waals surface area contributed by atoms with E-state index in [-0.39, 0.29) is 16.2 Å². The molecule has 0 heterocycles. The van der Waals surface area contributed by atoms with Crippen LogP contribution in [0.2, 0.25) is 0 Å². The minimum Gasteiger partial charge on any atom is -0.310 e. The second-order valence-electron chi connectivity index (χ2n) is 26.3. The van der Waals surface area contributed by atoms with Crippen molar-refractivity contribution in [2.45, 2.75) is 122 Å². The molecule has 10 aromatic carbocycles. The summed E-state index contributed by atoms with van der Waals surface area (Å²) in [5.41, 5.74) is 34.4. The van der Waals surface area contributed by atoms with Crippen LogP contribution < -0.4 is 9.80 Å². The Morgan fingerprint density at radius 2 is 0.529 bits per heavy atom. The third-order valence-electron chi connectivity index (χ3n) is 20.4. The molecule has 0 N–H and O–H groups in total. The van der Waals surface area contributed by atoms with E-state index in [0.717, 1.165) is 0 Å². The molecule has 0 atom stereocenters. The fourth-order valence-corrected chi connectivity index (χ4v) is 16.2. The highest BCUT2D eigenvalue weighted by atomic mass is 15.1. The predicted octanol–water partition coefficient (Wildman–Crippen LogP) is 23.0. The van der Waals surface area contributed by atoms with Crippen LogP contribution in [0, 0.1) is 27.7 Å². The molecule has 10 aromatic rings. The Balaban J connectivity index is 0.694. The molecule has 85 heavy (non-hydrogen) atoms. The van der Waals surface area contributed by atoms with Crippen LogP contribution in [0.25, 0.3) is 57.7 Å². The van der Waals surface area contributed by atoms with E-state index in [1.54, 1.807) is 0 Å². The molecule has 0 unspecified atom stereocenters. The van der Waals surface area contributed by atoms with Gasteiger partial charge in [-0.05, 0) is 237 Å². The molecule has 418 valence electrons. The van der Waals surface area contributed by atoms with E-state index >= 15 is 0 Å². The molecule has 2 heteroatoms. The van der Waals surface area contributed by atoms with Gasteiger partial charge in [0.05, 0.1) is 0 Å². The summed E-state index contributed by atoms with van der Waals surface area (Å²) in [6.45, 7) is 13.6. The minimum absolute atomic E-state index is 0.00982. The van der Waals surface area contributed by atoms with Crippen LogP contribution in [0.1, 0.15) is 156 Å². The van der Waals surface area contributed by atoms with Gasteiger partial charge in [-0.25, -0.2) is 0 Å². The van der Waals surface area contributed by atoms with Crippen LogP contribution in [0.3, 0.4) is 0 Å². The smallest absolute Gasteiger partial charge is 0.0465 e. The zero-order valence-electron chi connectivity index (χ0n) is 50.4. The van der Waals surface area contributed by atoms with E-state index < -0.39 is 0 Å². The van der Waals surface area contributed by atoms with Gasteiger partial charge in [-0.2, -0.15) is 0 Å². The van der Waals surface area contributed by atoms with Crippen molar-refractivity contribution in [2.24, 2.45) is 0 Å². The second-order valence-corrected chi connectivity index (χ2v) is 26.3. The van der Waals surface area contributed by atoms with E-state index in [1.165, 1.54) is 210 Å². The van der Waals surface area contributed by atoms with Gasteiger partial charge in [0.2, 0.25) is 0 Å². The lowest BCUT2D eigenvalue weighted by atomic mass is 9.67. The maximum absolute atomic E-state index is 2.55. The summed E-state index contributed by atoms with van der Waals surface area (Å²) in [5, 5.41) is 0. The van der Waals surface area contributed by atoms with Crippen LogP contribution in [-0.4, -0.2) is 0 Å². The number of anilines is 6. The normalized spacial score (nSPS) is 16.3. The highest BCUT2D eigenvalue weighted by Gasteiger charge is 2.46. The van der Waals surface area contributed by atoms with Gasteiger partial charge >= 0.3 is 0 Å². The largest absolute Gasteiger partial charge is 0.310 e. The highest BCUT2D eigenvalue weighted by molar-refractivity contribution is 5.91. The summed E-state index contributed by atoms with van der Waals surface area (Å²) in [7, 11) is 0. The Hall–Kier alpha value is -8.72. The van der Waals surface area contributed by atoms with Crippen molar-refractivity contribution in [3.8, 4) is 33.4 Å². The van der Waals surface area contributed by atoms with Gasteiger partial charge in [-0.3, -0.25) is 0 Å². The first-order valence-electron chi connectivity index (χ1n) is 31.5. The number of nitrogens with zero attached hydrogens (tertiary/aromatic N) is 2. The monoisotopic (exact) mass is 1100 g/mol. The first kappa shape index (κ1) is 53.0. The van der Waals surface area contributed by atoms with E-state index in [1.807, 2.05) is 0 Å². The molecular weight excluding hydrogens is 1020 g/mol. The highest BCUT2D eigenvalue weighted by Crippen LogP contribution is 2.59. The van der Waals surface area contributed by atoms with Crippen LogP contribution in [0.15, 0.2) is 206 Å². The van der Waals surface area contributed by atoms with Gasteiger partial charge in [-0.15, -0.1) is 0 Å². The number of hydrogen-bond donors (Lipinski definition) is 0. The first-order chi connectivity index (χ1) is 41.4. The van der Waals surface area contributed by atoms with Crippen LogP contribution >= 0.6 is 0 Å². The molecule has 0 aromatic heterocycles. The molecule has 0 radical (unpaired) electrons. The summed E-state index contributed by atoms with van der Waals surface area (Å²) in [5.74, 6) is 0. The van der Waals surface area contributed by atoms with E-state index in [0.29, 0.717) is 0 Å². The quantitative estimate of drug-likeness (QED) is 0.126. The standard InChI is InChI=1S/C83H76N2/c1-55-17-13-21-63(45-55)84(64-22-14-18-56(2)46-64)67-33-39-73-71-37-31-61(51-77(71)82(79(73)53-67)41-9-7-10-42-82)27-25-59-29-35-69-70-36-30-60(50-76(70)81(5,6)75(69)49-59)26-28-62-32-38-72-74-40-34-68(54-80(74)83(78(72)52-62)43-11-8-12-44-83)85(65-23-15-19-57(3)47-65)66-24-16-20-58(4)48-66/h13-40,45-54H,7-12,41-44H2,1-6H3/b27-25+,28-26+. The lowest BCUT2D eigenvalue weighted by Crippen LogP contribution is -2.28. The van der Waals surface area contributed by atoms with Crippen molar-refractivity contribution >= 4 is 58.4 Å². The average Bonchev–Trinajstić information content (AvgIpc) is 1.63. The maximum Gasteiger partial charge on any atom is 0.0465 e. The summed E-state index contributed by atoms with van der Waals surface area (Å²) in [6.07, 6.45) is 21.8. The second kappa shape index (κ2) is 20.8. The van der Waals surface area contributed by atoms with E-state index in [9.17, 15) is 0 Å². The molecule has 5 aliphatic carbocycles. The Morgan fingerprint density at radius 1 is 0.271 bits per heavy atom. The van der Waals surface area contributed by atoms with E-state index in [2.05, 4.69) is 282 Å². The van der Waals surface area contributed by atoms with Crippen molar-refractivity contribution in [1.82, 2.24) is 0 Å². The van der Waals surface area contributed by atoms with Gasteiger partial charge < -0.3 is 9.80 Å². The number of rotatable bonds is 10. The molecule has 2 spiro atoms. The fraction of sp³-hybridized carbons (Fsp3) is 0.229. The van der Waals surface area contributed by atoms with Crippen molar-refractivity contribution in [2.75, 3.05) is 9.80 Å². The van der Waals surface area contributed by atoms with Crippen LogP contribution in [-0.2, 0) is 16.2 Å². The SMILES string of the molecule is Cc1cccc(N(c2cccc(C)c2)c2ccc3c(c2)C2(CCCCC2)c2cc(/C=C/c4ccc5c(c4)C(C)(C)c4cc(/C=C/c6ccc7c(c6)C6(CCCCC6)c6cc(N(c8cccc(C)c8)c8cccc(C)c8)ccc6-7)ccc4-5)ccc2-3)c1. The Morgan fingerprint density at radius 3 is 0.835 bits per heavy atom. The van der Waals surface area contributed by atoms with Crippen LogP contribution in [0.5, 0.6) is 0 Å². The number of benzene rings is 10. The fourth-order valence-electron chi connectivity index (χ4n) is 16.2. The molecule has 2 fully saturated rings. The zero-order valence-corrected chi connectivity index (χ0v) is 50.4. The molecule has 2 nitrogen and oxygen atoms in total. The Bertz CT molecular complexity index is 3990. The summed E-state index contributed by atoms with van der Waals surface area (Å²) < 4.78 is 0. The summed E-state index contributed by atoms with van der Waals surface area (Å²) >= 11 is 0. The predicted molar refractivity (Wildman–Crippen MR) is 362 cm³/mol. The molecular formula is C83H76N2. The number of hydrogen-bond acceptors (Lipinski definition) is 2. The average molecular weight is 1100 g/mol. The molecule has 0 saturated heterocycles. The molecule has 15 rings (SSSR count). The topological polar surface area (TPSA) is 6.48 Å². The van der Waals surface area contributed by atoms with Crippen molar-refractivity contribution < 1.29 is 0 Å². The summed E-state index contributed by atoms with van der Waals surface area (Å²) in [6, 6.07) is 79.4. The molecule has 0 bridgehead atoms.